The number of aromatic carboxylic acids is 1. The number of carbonyl (C=O) groups is 2. The molecule has 0 aliphatic rings. The molecule has 1 rings (SSSR count). The van der Waals surface area contributed by atoms with E-state index in [1.807, 2.05) is 0 Å². The van der Waals surface area contributed by atoms with Crippen molar-refractivity contribution in [2.24, 2.45) is 0 Å². The summed E-state index contributed by atoms with van der Waals surface area (Å²) in [4.78, 5) is 22.1. The third kappa shape index (κ3) is 4.12. The molecule has 1 aromatic rings. The average Bonchev–Trinajstić information content (AvgIpc) is 2.54. The van der Waals surface area contributed by atoms with Crippen LogP contribution in [0.2, 0.25) is 0 Å². The Bertz CT molecular complexity index is 456. The third-order valence-electron chi connectivity index (χ3n) is 1.97. The van der Waals surface area contributed by atoms with E-state index in [-0.39, 0.29) is 12.3 Å². The minimum atomic E-state index is -1.13. The highest BCUT2D eigenvalue weighted by atomic mass is 16.6. The first-order valence-corrected chi connectivity index (χ1v) is 5.48. The second kappa shape index (κ2) is 5.12. The van der Waals surface area contributed by atoms with Crippen molar-refractivity contribution >= 4 is 12.1 Å². The van der Waals surface area contributed by atoms with E-state index < -0.39 is 17.7 Å². The molecule has 6 heteroatoms. The molecule has 0 bridgehead atoms. The van der Waals surface area contributed by atoms with Gasteiger partial charge in [0.25, 0.3) is 0 Å². The number of carboxylic acid groups (broad SMARTS) is 1. The number of rotatable bonds is 3. The van der Waals surface area contributed by atoms with Gasteiger partial charge in [-0.25, -0.2) is 9.59 Å². The summed E-state index contributed by atoms with van der Waals surface area (Å²) < 4.78 is 10.1. The van der Waals surface area contributed by atoms with Crippen LogP contribution < -0.4 is 5.32 Å². The molecule has 18 heavy (non-hydrogen) atoms. The molecule has 0 fully saturated rings. The fraction of sp³-hybridized carbons (Fsp3) is 0.500. The lowest BCUT2D eigenvalue weighted by Gasteiger charge is -2.19. The number of furan rings is 1. The minimum Gasteiger partial charge on any atom is -0.475 e. The number of hydrogen-bond acceptors (Lipinski definition) is 4. The number of alkyl carbamates (subject to hydrolysis) is 1. The second-order valence-electron chi connectivity index (χ2n) is 4.89. The molecule has 100 valence electrons. The number of ether oxygens (including phenoxy) is 1. The van der Waals surface area contributed by atoms with Gasteiger partial charge in [0.1, 0.15) is 11.4 Å². The number of carboxylic acids is 1. The molecule has 0 saturated carbocycles. The van der Waals surface area contributed by atoms with Crippen LogP contribution >= 0.6 is 0 Å². The fourth-order valence-corrected chi connectivity index (χ4v) is 1.32. The van der Waals surface area contributed by atoms with E-state index in [1.165, 1.54) is 0 Å². The molecule has 0 atom stereocenters. The third-order valence-corrected chi connectivity index (χ3v) is 1.97. The molecule has 0 unspecified atom stereocenters. The molecule has 0 aromatic carbocycles. The Labute approximate surface area is 105 Å². The molecule has 1 aromatic heterocycles. The Morgan fingerprint density at radius 1 is 1.44 bits per heavy atom. The molecule has 0 spiro atoms. The Hall–Kier alpha value is -1.98. The number of hydrogen-bond donors (Lipinski definition) is 2. The molecule has 0 saturated heterocycles. The molecule has 1 heterocycles. The van der Waals surface area contributed by atoms with Crippen LogP contribution in [-0.4, -0.2) is 22.8 Å². The largest absolute Gasteiger partial charge is 0.475 e. The monoisotopic (exact) mass is 255 g/mol. The van der Waals surface area contributed by atoms with Crippen molar-refractivity contribution in [3.63, 3.8) is 0 Å². The molecule has 0 aliphatic carbocycles. The maximum Gasteiger partial charge on any atom is 0.408 e. The number of carbonyl (C=O) groups excluding carboxylic acids is 1. The predicted octanol–water partition coefficient (Wildman–Crippen LogP) is 2.31. The van der Waals surface area contributed by atoms with Gasteiger partial charge in [-0.2, -0.15) is 0 Å². The maximum absolute atomic E-state index is 11.4. The smallest absolute Gasteiger partial charge is 0.408 e. The van der Waals surface area contributed by atoms with E-state index in [1.54, 1.807) is 33.8 Å². The normalized spacial score (nSPS) is 11.1. The zero-order valence-electron chi connectivity index (χ0n) is 10.9. The second-order valence-corrected chi connectivity index (χ2v) is 4.89. The lowest BCUT2D eigenvalue weighted by atomic mass is 10.2. The van der Waals surface area contributed by atoms with Gasteiger partial charge in [-0.05, 0) is 33.8 Å². The average molecular weight is 255 g/mol. The number of nitrogens with one attached hydrogen (secondary N) is 1. The van der Waals surface area contributed by atoms with Crippen molar-refractivity contribution in [3.8, 4) is 0 Å². The van der Waals surface area contributed by atoms with Gasteiger partial charge in [0, 0.05) is 5.56 Å². The molecule has 2 N–H and O–H groups in total. The quantitative estimate of drug-likeness (QED) is 0.865. The Morgan fingerprint density at radius 3 is 2.50 bits per heavy atom. The Balaban J connectivity index is 2.57. The van der Waals surface area contributed by atoms with Gasteiger partial charge in [-0.3, -0.25) is 0 Å². The topological polar surface area (TPSA) is 88.8 Å². The highest BCUT2D eigenvalue weighted by Crippen LogP contribution is 2.14. The van der Waals surface area contributed by atoms with E-state index in [4.69, 9.17) is 14.3 Å². The van der Waals surface area contributed by atoms with E-state index in [9.17, 15) is 9.59 Å². The van der Waals surface area contributed by atoms with Gasteiger partial charge in [-0.15, -0.1) is 0 Å². The van der Waals surface area contributed by atoms with Gasteiger partial charge in [0.15, 0.2) is 0 Å². The lowest BCUT2D eigenvalue weighted by Crippen LogP contribution is -2.32. The summed E-state index contributed by atoms with van der Waals surface area (Å²) in [6.07, 6.45) is -0.576. The van der Waals surface area contributed by atoms with Crippen LogP contribution in [0, 0.1) is 6.92 Å². The van der Waals surface area contributed by atoms with Gasteiger partial charge in [-0.1, -0.05) is 0 Å². The zero-order valence-corrected chi connectivity index (χ0v) is 10.9. The Morgan fingerprint density at radius 2 is 2.06 bits per heavy atom. The fourth-order valence-electron chi connectivity index (χ4n) is 1.32. The van der Waals surface area contributed by atoms with Crippen molar-refractivity contribution in [3.05, 3.63) is 23.2 Å². The van der Waals surface area contributed by atoms with Crippen LogP contribution in [0.25, 0.3) is 0 Å². The predicted molar refractivity (Wildman–Crippen MR) is 63.5 cm³/mol. The van der Waals surface area contributed by atoms with Crippen LogP contribution in [0.4, 0.5) is 4.79 Å². The molecule has 1 amide bonds. The molecule has 0 aliphatic heterocycles. The van der Waals surface area contributed by atoms with Crippen molar-refractivity contribution in [2.75, 3.05) is 0 Å². The SMILES string of the molecule is Cc1cc(CNC(=O)OC(C)(C)C)oc1C(=O)O. The van der Waals surface area contributed by atoms with E-state index in [2.05, 4.69) is 5.32 Å². The summed E-state index contributed by atoms with van der Waals surface area (Å²) in [6, 6.07) is 1.57. The van der Waals surface area contributed by atoms with Crippen molar-refractivity contribution in [1.82, 2.24) is 5.32 Å². The van der Waals surface area contributed by atoms with Gasteiger partial charge in [0.05, 0.1) is 6.54 Å². The van der Waals surface area contributed by atoms with E-state index in [0.717, 1.165) is 0 Å². The summed E-state index contributed by atoms with van der Waals surface area (Å²) in [5, 5.41) is 11.3. The van der Waals surface area contributed by atoms with Crippen molar-refractivity contribution < 1.29 is 23.8 Å². The molecule has 0 radical (unpaired) electrons. The van der Waals surface area contributed by atoms with E-state index >= 15 is 0 Å². The van der Waals surface area contributed by atoms with Gasteiger partial charge in [0.2, 0.25) is 5.76 Å². The molecular weight excluding hydrogens is 238 g/mol. The van der Waals surface area contributed by atoms with Crippen LogP contribution in [0.3, 0.4) is 0 Å². The summed E-state index contributed by atoms with van der Waals surface area (Å²) in [5.74, 6) is -0.872. The highest BCUT2D eigenvalue weighted by molar-refractivity contribution is 5.86. The van der Waals surface area contributed by atoms with Gasteiger partial charge >= 0.3 is 12.1 Å². The Kier molecular flexibility index (Phi) is 4.00. The van der Waals surface area contributed by atoms with Gasteiger partial charge < -0.3 is 19.6 Å². The van der Waals surface area contributed by atoms with Crippen LogP contribution in [-0.2, 0) is 11.3 Å². The standard InChI is InChI=1S/C12H17NO5/c1-7-5-8(17-9(7)10(14)15)6-13-11(16)18-12(2,3)4/h5H,6H2,1-4H3,(H,13,16)(H,14,15). The lowest BCUT2D eigenvalue weighted by molar-refractivity contribution is 0.0520. The summed E-state index contributed by atoms with van der Waals surface area (Å²) in [5.41, 5.74) is -0.0569. The summed E-state index contributed by atoms with van der Waals surface area (Å²) in [6.45, 7) is 6.98. The number of amides is 1. The molecular formula is C12H17NO5. The molecule has 6 nitrogen and oxygen atoms in total. The zero-order chi connectivity index (χ0) is 13.9. The summed E-state index contributed by atoms with van der Waals surface area (Å²) in [7, 11) is 0. The van der Waals surface area contributed by atoms with Crippen LogP contribution in [0.1, 0.15) is 42.6 Å². The van der Waals surface area contributed by atoms with Crippen molar-refractivity contribution in [2.45, 2.75) is 39.8 Å². The van der Waals surface area contributed by atoms with Crippen LogP contribution in [0.5, 0.6) is 0 Å². The summed E-state index contributed by atoms with van der Waals surface area (Å²) >= 11 is 0. The first kappa shape index (κ1) is 14.1. The van der Waals surface area contributed by atoms with Crippen LogP contribution in [0.15, 0.2) is 10.5 Å². The maximum atomic E-state index is 11.4. The first-order chi connectivity index (χ1) is 8.19. The van der Waals surface area contributed by atoms with E-state index in [0.29, 0.717) is 11.3 Å². The first-order valence-electron chi connectivity index (χ1n) is 5.48. The highest BCUT2D eigenvalue weighted by Gasteiger charge is 2.17. The minimum absolute atomic E-state index is 0.0863. The number of aryl methyl sites for hydroxylation is 1. The van der Waals surface area contributed by atoms with Crippen molar-refractivity contribution in [1.29, 1.82) is 0 Å².